The van der Waals surface area contributed by atoms with Crippen molar-refractivity contribution in [2.45, 2.75) is 0 Å². The molecular weight excluding hydrogens is 258 g/mol. The number of amides is 1. The molecule has 0 aliphatic heterocycles. The smallest absolute Gasteiger partial charge is 0.328 e. The van der Waals surface area contributed by atoms with Crippen molar-refractivity contribution in [1.82, 2.24) is 9.78 Å². The summed E-state index contributed by atoms with van der Waals surface area (Å²) >= 11 is 0. The minimum Gasteiger partial charge on any atom is -0.478 e. The van der Waals surface area contributed by atoms with Crippen LogP contribution in [-0.4, -0.2) is 26.8 Å². The van der Waals surface area contributed by atoms with Crippen molar-refractivity contribution in [3.63, 3.8) is 0 Å². The van der Waals surface area contributed by atoms with Gasteiger partial charge in [-0.25, -0.2) is 4.79 Å². The Hall–Kier alpha value is -2.89. The normalized spacial score (nSPS) is 10.7. The van der Waals surface area contributed by atoms with Crippen LogP contribution in [0.25, 0.3) is 6.08 Å². The molecule has 0 atom stereocenters. The number of nitrogens with zero attached hydrogens (tertiary/aromatic N) is 2. The van der Waals surface area contributed by atoms with Crippen LogP contribution >= 0.6 is 0 Å². The molecule has 1 amide bonds. The van der Waals surface area contributed by atoms with E-state index in [1.54, 1.807) is 48.4 Å². The first-order chi connectivity index (χ1) is 9.54. The van der Waals surface area contributed by atoms with E-state index in [2.05, 4.69) is 10.4 Å². The number of carboxylic acid groups (broad SMARTS) is 1. The van der Waals surface area contributed by atoms with E-state index in [9.17, 15) is 9.59 Å². The number of rotatable bonds is 4. The number of benzene rings is 1. The van der Waals surface area contributed by atoms with Crippen LogP contribution in [0.2, 0.25) is 0 Å². The van der Waals surface area contributed by atoms with E-state index < -0.39 is 5.97 Å². The van der Waals surface area contributed by atoms with E-state index in [1.807, 2.05) is 0 Å². The van der Waals surface area contributed by atoms with Gasteiger partial charge in [-0.1, -0.05) is 12.1 Å². The average Bonchev–Trinajstić information content (AvgIpc) is 2.82. The second-order valence-corrected chi connectivity index (χ2v) is 4.15. The van der Waals surface area contributed by atoms with E-state index in [4.69, 9.17) is 5.11 Å². The molecule has 0 bridgehead atoms. The molecule has 0 radical (unpaired) electrons. The summed E-state index contributed by atoms with van der Waals surface area (Å²) in [5, 5.41) is 15.2. The summed E-state index contributed by atoms with van der Waals surface area (Å²) in [6, 6.07) is 6.62. The maximum Gasteiger partial charge on any atom is 0.328 e. The Morgan fingerprint density at radius 2 is 2.00 bits per heavy atom. The lowest BCUT2D eigenvalue weighted by molar-refractivity contribution is -0.131. The first kappa shape index (κ1) is 13.5. The quantitative estimate of drug-likeness (QED) is 0.830. The Balaban J connectivity index is 2.05. The lowest BCUT2D eigenvalue weighted by Crippen LogP contribution is -2.11. The summed E-state index contributed by atoms with van der Waals surface area (Å²) < 4.78 is 1.59. The molecule has 2 N–H and O–H groups in total. The molecule has 0 saturated heterocycles. The highest BCUT2D eigenvalue weighted by Gasteiger charge is 2.06. The summed E-state index contributed by atoms with van der Waals surface area (Å²) in [5.41, 5.74) is 1.82. The zero-order chi connectivity index (χ0) is 14.5. The number of anilines is 1. The molecule has 1 aromatic heterocycles. The number of aromatic nitrogens is 2. The molecular formula is C14H13N3O3. The molecule has 1 aromatic carbocycles. The average molecular weight is 271 g/mol. The fraction of sp³-hybridized carbons (Fsp3) is 0.0714. The molecule has 6 heteroatoms. The number of carbonyl (C=O) groups is 2. The molecule has 0 spiro atoms. The van der Waals surface area contributed by atoms with Gasteiger partial charge in [-0.3, -0.25) is 9.48 Å². The van der Waals surface area contributed by atoms with Gasteiger partial charge >= 0.3 is 5.97 Å². The molecule has 102 valence electrons. The monoisotopic (exact) mass is 271 g/mol. The highest BCUT2D eigenvalue weighted by molar-refractivity contribution is 6.04. The Kier molecular flexibility index (Phi) is 3.95. The molecule has 6 nitrogen and oxygen atoms in total. The number of carboxylic acids is 1. The molecule has 0 fully saturated rings. The number of hydrogen-bond acceptors (Lipinski definition) is 3. The van der Waals surface area contributed by atoms with E-state index in [-0.39, 0.29) is 5.91 Å². The number of aliphatic carboxylic acids is 1. The lowest BCUT2D eigenvalue weighted by Gasteiger charge is -2.02. The van der Waals surface area contributed by atoms with E-state index in [1.165, 1.54) is 6.08 Å². The van der Waals surface area contributed by atoms with Crippen molar-refractivity contribution >= 4 is 23.6 Å². The number of carbonyl (C=O) groups excluding carboxylic acids is 1. The van der Waals surface area contributed by atoms with Crippen molar-refractivity contribution < 1.29 is 14.7 Å². The summed E-state index contributed by atoms with van der Waals surface area (Å²) in [7, 11) is 1.76. The van der Waals surface area contributed by atoms with Crippen LogP contribution in [0.15, 0.2) is 42.7 Å². The molecule has 0 unspecified atom stereocenters. The van der Waals surface area contributed by atoms with Gasteiger partial charge in [-0.2, -0.15) is 5.10 Å². The van der Waals surface area contributed by atoms with Crippen molar-refractivity contribution in [1.29, 1.82) is 0 Å². The molecule has 20 heavy (non-hydrogen) atoms. The predicted octanol–water partition coefficient (Wildman–Crippen LogP) is 1.77. The highest BCUT2D eigenvalue weighted by Crippen LogP contribution is 2.10. The van der Waals surface area contributed by atoms with Crippen LogP contribution in [0, 0.1) is 0 Å². The Bertz CT molecular complexity index is 657. The third-order valence-corrected chi connectivity index (χ3v) is 2.55. The van der Waals surface area contributed by atoms with Gasteiger partial charge < -0.3 is 10.4 Å². The fourth-order valence-electron chi connectivity index (χ4n) is 1.60. The maximum absolute atomic E-state index is 11.9. The minimum absolute atomic E-state index is 0.244. The van der Waals surface area contributed by atoms with Crippen molar-refractivity contribution in [2.75, 3.05) is 5.32 Å². The highest BCUT2D eigenvalue weighted by atomic mass is 16.4. The van der Waals surface area contributed by atoms with Crippen LogP contribution < -0.4 is 5.32 Å². The molecule has 0 saturated carbocycles. The molecule has 0 aliphatic rings. The Labute approximate surface area is 115 Å². The maximum atomic E-state index is 11.9. The number of aryl methyl sites for hydroxylation is 1. The second kappa shape index (κ2) is 5.83. The van der Waals surface area contributed by atoms with Gasteiger partial charge in [0.15, 0.2) is 0 Å². The summed E-state index contributed by atoms with van der Waals surface area (Å²) in [6.07, 6.45) is 5.76. The van der Waals surface area contributed by atoms with Crippen molar-refractivity contribution in [3.05, 3.63) is 53.9 Å². The van der Waals surface area contributed by atoms with Gasteiger partial charge in [0, 0.05) is 24.9 Å². The molecule has 0 aliphatic carbocycles. The van der Waals surface area contributed by atoms with Gasteiger partial charge in [-0.05, 0) is 23.8 Å². The molecule has 2 rings (SSSR count). The van der Waals surface area contributed by atoms with Gasteiger partial charge in [0.1, 0.15) is 0 Å². The van der Waals surface area contributed by atoms with Gasteiger partial charge in [0.05, 0.1) is 11.9 Å². The lowest BCUT2D eigenvalue weighted by atomic mass is 10.1. The molecule has 2 aromatic rings. The summed E-state index contributed by atoms with van der Waals surface area (Å²) in [4.78, 5) is 22.3. The van der Waals surface area contributed by atoms with Crippen LogP contribution in [0.4, 0.5) is 5.69 Å². The third-order valence-electron chi connectivity index (χ3n) is 2.55. The number of nitrogens with one attached hydrogen (secondary N) is 1. The van der Waals surface area contributed by atoms with Crippen molar-refractivity contribution in [2.24, 2.45) is 7.05 Å². The zero-order valence-corrected chi connectivity index (χ0v) is 10.8. The number of hydrogen-bond donors (Lipinski definition) is 2. The van der Waals surface area contributed by atoms with Crippen molar-refractivity contribution in [3.8, 4) is 0 Å². The first-order valence-corrected chi connectivity index (χ1v) is 5.85. The van der Waals surface area contributed by atoms with E-state index in [0.29, 0.717) is 16.8 Å². The summed E-state index contributed by atoms with van der Waals surface area (Å²) in [5.74, 6) is -1.25. The largest absolute Gasteiger partial charge is 0.478 e. The van der Waals surface area contributed by atoms with Crippen LogP contribution in [0.5, 0.6) is 0 Å². The predicted molar refractivity (Wildman–Crippen MR) is 74.3 cm³/mol. The topological polar surface area (TPSA) is 84.2 Å². The van der Waals surface area contributed by atoms with Crippen LogP contribution in [0.1, 0.15) is 15.9 Å². The van der Waals surface area contributed by atoms with E-state index >= 15 is 0 Å². The van der Waals surface area contributed by atoms with Gasteiger partial charge in [-0.15, -0.1) is 0 Å². The standard InChI is InChI=1S/C14H13N3O3/c1-17-9-12(8-15-17)16-14(20)11-5-2-10(3-6-11)4-7-13(18)19/h2-9H,1H3,(H,16,20)(H,18,19). The Morgan fingerprint density at radius 3 is 2.55 bits per heavy atom. The minimum atomic E-state index is -1.01. The van der Waals surface area contributed by atoms with Crippen LogP contribution in [0.3, 0.4) is 0 Å². The van der Waals surface area contributed by atoms with Crippen LogP contribution in [-0.2, 0) is 11.8 Å². The summed E-state index contributed by atoms with van der Waals surface area (Å²) in [6.45, 7) is 0. The van der Waals surface area contributed by atoms with Gasteiger partial charge in [0.2, 0.25) is 0 Å². The third kappa shape index (κ3) is 3.55. The molecule has 1 heterocycles. The fourth-order valence-corrected chi connectivity index (χ4v) is 1.60. The zero-order valence-electron chi connectivity index (χ0n) is 10.8. The first-order valence-electron chi connectivity index (χ1n) is 5.85. The van der Waals surface area contributed by atoms with Gasteiger partial charge in [0.25, 0.3) is 5.91 Å². The van der Waals surface area contributed by atoms with E-state index in [0.717, 1.165) is 6.08 Å². The second-order valence-electron chi connectivity index (χ2n) is 4.15. The SMILES string of the molecule is Cn1cc(NC(=O)c2ccc(C=CC(=O)O)cc2)cn1. The Morgan fingerprint density at radius 1 is 1.30 bits per heavy atom.